The topological polar surface area (TPSA) is 34.9 Å². The second-order valence-corrected chi connectivity index (χ2v) is 4.68. The number of hydrogen-bond acceptors (Lipinski definition) is 2. The van der Waals surface area contributed by atoms with Gasteiger partial charge < -0.3 is 0 Å². The second-order valence-electron chi connectivity index (χ2n) is 4.30. The Bertz CT molecular complexity index is 622. The van der Waals surface area contributed by atoms with Gasteiger partial charge in [0.25, 0.3) is 0 Å². The third-order valence-corrected chi connectivity index (χ3v) is 3.29. The van der Waals surface area contributed by atoms with Gasteiger partial charge in [0.05, 0.1) is 10.7 Å². The molecule has 19 heavy (non-hydrogen) atoms. The molecule has 0 bridgehead atoms. The first-order valence-electron chi connectivity index (χ1n) is 6.03. The Morgan fingerprint density at radius 3 is 2.89 bits per heavy atom. The largest absolute Gasteiger partial charge is 0.292 e. The van der Waals surface area contributed by atoms with E-state index in [9.17, 15) is 9.18 Å². The Morgan fingerprint density at radius 1 is 1.47 bits per heavy atom. The monoisotopic (exact) mass is 280 g/mol. The molecule has 0 unspecified atom stereocenters. The van der Waals surface area contributed by atoms with E-state index < -0.39 is 5.82 Å². The minimum Gasteiger partial charge on any atom is -0.292 e. The Kier molecular flexibility index (Phi) is 4.00. The molecule has 0 aliphatic heterocycles. The molecule has 2 rings (SSSR count). The number of carbonyl (C=O) groups excluding carboxylic acids is 1. The van der Waals surface area contributed by atoms with E-state index in [1.807, 2.05) is 13.8 Å². The van der Waals surface area contributed by atoms with Gasteiger partial charge in [0.1, 0.15) is 11.5 Å². The predicted molar refractivity (Wildman–Crippen MR) is 72.1 cm³/mol. The van der Waals surface area contributed by atoms with E-state index in [2.05, 4.69) is 5.10 Å². The van der Waals surface area contributed by atoms with Gasteiger partial charge in [-0.25, -0.2) is 4.39 Å². The second kappa shape index (κ2) is 5.53. The zero-order valence-electron chi connectivity index (χ0n) is 10.8. The molecule has 0 atom stereocenters. The highest BCUT2D eigenvalue weighted by atomic mass is 35.5. The smallest absolute Gasteiger partial charge is 0.185 e. The first-order valence-corrected chi connectivity index (χ1v) is 6.41. The zero-order chi connectivity index (χ0) is 14.0. The van der Waals surface area contributed by atoms with Crippen molar-refractivity contribution in [1.29, 1.82) is 0 Å². The third kappa shape index (κ3) is 2.84. The fourth-order valence-corrected chi connectivity index (χ4v) is 2.15. The Hall–Kier alpha value is -1.68. The molecule has 0 spiro atoms. The van der Waals surface area contributed by atoms with E-state index in [0.29, 0.717) is 17.8 Å². The molecule has 3 nitrogen and oxygen atoms in total. The molecule has 1 aromatic carbocycles. The van der Waals surface area contributed by atoms with Crippen LogP contribution in [-0.2, 0) is 13.0 Å². The Morgan fingerprint density at radius 2 is 2.21 bits per heavy atom. The molecule has 0 aliphatic rings. The van der Waals surface area contributed by atoms with Gasteiger partial charge in [-0.05, 0) is 31.5 Å². The number of carbonyl (C=O) groups is 1. The fraction of sp³-hybridized carbons (Fsp3) is 0.286. The van der Waals surface area contributed by atoms with E-state index in [1.54, 1.807) is 22.9 Å². The van der Waals surface area contributed by atoms with Crippen LogP contribution in [0.3, 0.4) is 0 Å². The summed E-state index contributed by atoms with van der Waals surface area (Å²) in [6.07, 6.45) is 0.0712. The lowest BCUT2D eigenvalue weighted by molar-refractivity contribution is 0.0982. The summed E-state index contributed by atoms with van der Waals surface area (Å²) >= 11 is 5.85. The molecule has 2 aromatic rings. The summed E-state index contributed by atoms with van der Waals surface area (Å²) in [6, 6.07) is 6.21. The molecule has 0 fully saturated rings. The number of Topliss-reactive ketones (excluding diaryl/α,β-unsaturated/α-hetero) is 1. The molecule has 0 N–H and O–H groups in total. The van der Waals surface area contributed by atoms with E-state index in [-0.39, 0.29) is 17.2 Å². The van der Waals surface area contributed by atoms with Crippen LogP contribution in [0, 0.1) is 12.7 Å². The van der Waals surface area contributed by atoms with Gasteiger partial charge >= 0.3 is 0 Å². The first-order chi connectivity index (χ1) is 9.02. The molecule has 1 aromatic heterocycles. The van der Waals surface area contributed by atoms with Gasteiger partial charge in [-0.2, -0.15) is 5.10 Å². The Balaban J connectivity index is 2.28. The molecule has 0 aliphatic carbocycles. The van der Waals surface area contributed by atoms with E-state index in [0.717, 1.165) is 5.69 Å². The average Bonchev–Trinajstić information content (AvgIpc) is 2.76. The van der Waals surface area contributed by atoms with Crippen molar-refractivity contribution >= 4 is 17.4 Å². The summed E-state index contributed by atoms with van der Waals surface area (Å²) in [5, 5.41) is 4.23. The van der Waals surface area contributed by atoms with E-state index in [1.165, 1.54) is 6.07 Å². The molecular weight excluding hydrogens is 267 g/mol. The van der Waals surface area contributed by atoms with Crippen molar-refractivity contribution in [2.45, 2.75) is 26.8 Å². The van der Waals surface area contributed by atoms with Crippen molar-refractivity contribution < 1.29 is 9.18 Å². The van der Waals surface area contributed by atoms with Gasteiger partial charge in [-0.15, -0.1) is 0 Å². The number of hydrogen-bond donors (Lipinski definition) is 0. The number of benzene rings is 1. The maximum Gasteiger partial charge on any atom is 0.185 e. The molecule has 100 valence electrons. The predicted octanol–water partition coefficient (Wildman–Crippen LogP) is 3.43. The molecular formula is C14H14ClFN2O. The quantitative estimate of drug-likeness (QED) is 0.804. The highest BCUT2D eigenvalue weighted by Crippen LogP contribution is 2.21. The summed E-state index contributed by atoms with van der Waals surface area (Å²) in [5.74, 6) is -0.623. The third-order valence-electron chi connectivity index (χ3n) is 2.87. The molecule has 0 saturated heterocycles. The number of aromatic nitrogens is 2. The Labute approximate surface area is 116 Å². The standard InChI is InChI=1S/C14H14ClFN2O/c1-3-18-12(7-9(2)17-18)13(19)8-10-5-4-6-11(16)14(10)15/h4-7H,3,8H2,1-2H3. The number of aryl methyl sites for hydroxylation is 2. The van der Waals surface area contributed by atoms with Crippen LogP contribution in [0.4, 0.5) is 4.39 Å². The maximum absolute atomic E-state index is 13.3. The minimum absolute atomic E-state index is 0.00938. The van der Waals surface area contributed by atoms with Gasteiger partial charge in [0.15, 0.2) is 5.78 Å². The SMILES string of the molecule is CCn1nc(C)cc1C(=O)Cc1cccc(F)c1Cl. The molecule has 5 heteroatoms. The van der Waals surface area contributed by atoms with Crippen LogP contribution in [0.1, 0.15) is 28.7 Å². The summed E-state index contributed by atoms with van der Waals surface area (Å²) in [7, 11) is 0. The molecule has 1 heterocycles. The number of ketones is 1. The minimum atomic E-state index is -0.507. The normalized spacial score (nSPS) is 10.7. The molecule has 0 saturated carbocycles. The summed E-state index contributed by atoms with van der Waals surface area (Å²) in [6.45, 7) is 4.36. The van der Waals surface area contributed by atoms with Crippen molar-refractivity contribution in [3.63, 3.8) is 0 Å². The van der Waals surface area contributed by atoms with Gasteiger partial charge in [-0.1, -0.05) is 23.7 Å². The van der Waals surface area contributed by atoms with Crippen LogP contribution in [-0.4, -0.2) is 15.6 Å². The molecule has 0 radical (unpaired) electrons. The lowest BCUT2D eigenvalue weighted by Gasteiger charge is -2.06. The maximum atomic E-state index is 13.3. The lowest BCUT2D eigenvalue weighted by atomic mass is 10.1. The highest BCUT2D eigenvalue weighted by Gasteiger charge is 2.16. The van der Waals surface area contributed by atoms with Crippen LogP contribution >= 0.6 is 11.6 Å². The summed E-state index contributed by atoms with van der Waals surface area (Å²) in [5.41, 5.74) is 1.81. The van der Waals surface area contributed by atoms with Crippen molar-refractivity contribution in [2.75, 3.05) is 0 Å². The number of nitrogens with zero attached hydrogens (tertiary/aromatic N) is 2. The van der Waals surface area contributed by atoms with Gasteiger partial charge in [0.2, 0.25) is 0 Å². The van der Waals surface area contributed by atoms with Crippen molar-refractivity contribution in [2.24, 2.45) is 0 Å². The first kappa shape index (κ1) is 13.7. The van der Waals surface area contributed by atoms with E-state index in [4.69, 9.17) is 11.6 Å². The van der Waals surface area contributed by atoms with Gasteiger partial charge in [-0.3, -0.25) is 9.48 Å². The summed E-state index contributed by atoms with van der Waals surface area (Å²) in [4.78, 5) is 12.2. The van der Waals surface area contributed by atoms with Crippen LogP contribution in [0.2, 0.25) is 5.02 Å². The molecule has 0 amide bonds. The number of rotatable bonds is 4. The van der Waals surface area contributed by atoms with Crippen LogP contribution in [0.5, 0.6) is 0 Å². The van der Waals surface area contributed by atoms with Crippen LogP contribution in [0.25, 0.3) is 0 Å². The lowest BCUT2D eigenvalue weighted by Crippen LogP contribution is -2.12. The van der Waals surface area contributed by atoms with Gasteiger partial charge in [0, 0.05) is 13.0 Å². The van der Waals surface area contributed by atoms with Crippen molar-refractivity contribution in [1.82, 2.24) is 9.78 Å². The van der Waals surface area contributed by atoms with Crippen LogP contribution < -0.4 is 0 Å². The number of halogens is 2. The van der Waals surface area contributed by atoms with Crippen LogP contribution in [0.15, 0.2) is 24.3 Å². The van der Waals surface area contributed by atoms with Crippen molar-refractivity contribution in [3.05, 3.63) is 52.1 Å². The highest BCUT2D eigenvalue weighted by molar-refractivity contribution is 6.31. The van der Waals surface area contributed by atoms with E-state index >= 15 is 0 Å². The zero-order valence-corrected chi connectivity index (χ0v) is 11.5. The van der Waals surface area contributed by atoms with Crippen molar-refractivity contribution in [3.8, 4) is 0 Å². The summed E-state index contributed by atoms with van der Waals surface area (Å²) < 4.78 is 15.0. The fourth-order valence-electron chi connectivity index (χ4n) is 1.96. The average molecular weight is 281 g/mol.